The minimum absolute atomic E-state index is 0.380. The number of benzene rings is 1. The molecule has 1 aromatic heterocycles. The van der Waals surface area contributed by atoms with Crippen LogP contribution in [0, 0.1) is 20.8 Å². The summed E-state index contributed by atoms with van der Waals surface area (Å²) < 4.78 is 4.83. The van der Waals surface area contributed by atoms with Gasteiger partial charge in [-0.1, -0.05) is 18.2 Å². The third kappa shape index (κ3) is 2.36. The first-order valence-electron chi connectivity index (χ1n) is 6.00. The fourth-order valence-corrected chi connectivity index (χ4v) is 3.05. The van der Waals surface area contributed by atoms with Gasteiger partial charge in [-0.25, -0.2) is 4.79 Å². The highest BCUT2D eigenvalue weighted by atomic mass is 32.1. The minimum atomic E-state index is -0.380. The zero-order valence-corrected chi connectivity index (χ0v) is 12.4. The predicted octanol–water partition coefficient (Wildman–Crippen LogP) is 3.71. The number of aryl methyl sites for hydroxylation is 3. The van der Waals surface area contributed by atoms with Crippen LogP contribution >= 0.6 is 11.3 Å². The molecule has 0 radical (unpaired) electrons. The van der Waals surface area contributed by atoms with E-state index in [9.17, 15) is 4.79 Å². The quantitative estimate of drug-likeness (QED) is 0.850. The molecule has 1 aromatic carbocycles. The monoisotopic (exact) mass is 275 g/mol. The first-order chi connectivity index (χ1) is 8.95. The van der Waals surface area contributed by atoms with Crippen molar-refractivity contribution in [1.29, 1.82) is 0 Å². The summed E-state index contributed by atoms with van der Waals surface area (Å²) in [7, 11) is 1.37. The predicted molar refractivity (Wildman–Crippen MR) is 79.7 cm³/mol. The van der Waals surface area contributed by atoms with E-state index in [1.165, 1.54) is 29.6 Å². The molecule has 0 unspecified atom stereocenters. The highest BCUT2D eigenvalue weighted by Crippen LogP contribution is 2.39. The molecule has 0 spiro atoms. The van der Waals surface area contributed by atoms with E-state index >= 15 is 0 Å². The second-order valence-electron chi connectivity index (χ2n) is 4.56. The molecule has 0 bridgehead atoms. The summed E-state index contributed by atoms with van der Waals surface area (Å²) in [4.78, 5) is 12.9. The number of thiophene rings is 1. The van der Waals surface area contributed by atoms with Gasteiger partial charge in [-0.05, 0) is 37.5 Å². The Hall–Kier alpha value is -1.81. The van der Waals surface area contributed by atoms with Gasteiger partial charge in [0.1, 0.15) is 10.6 Å². The van der Waals surface area contributed by atoms with Gasteiger partial charge in [0.05, 0.1) is 7.11 Å². The van der Waals surface area contributed by atoms with Crippen LogP contribution in [-0.4, -0.2) is 13.1 Å². The molecule has 0 saturated carbocycles. The molecule has 0 amide bonds. The van der Waals surface area contributed by atoms with E-state index in [0.717, 1.165) is 16.0 Å². The van der Waals surface area contributed by atoms with Gasteiger partial charge in [0.15, 0.2) is 0 Å². The SMILES string of the molecule is COC(=O)c1c(N)sc(C)c1-c1ccc(C)c(C)c1. The summed E-state index contributed by atoms with van der Waals surface area (Å²) >= 11 is 1.42. The van der Waals surface area contributed by atoms with E-state index < -0.39 is 0 Å². The van der Waals surface area contributed by atoms with Crippen LogP contribution in [0.1, 0.15) is 26.4 Å². The number of rotatable bonds is 2. The number of carbonyl (C=O) groups excluding carboxylic acids is 1. The number of hydrogen-bond acceptors (Lipinski definition) is 4. The molecule has 0 atom stereocenters. The molecule has 2 aromatic rings. The number of hydrogen-bond donors (Lipinski definition) is 1. The lowest BCUT2D eigenvalue weighted by atomic mass is 9.98. The maximum Gasteiger partial charge on any atom is 0.341 e. The van der Waals surface area contributed by atoms with E-state index in [2.05, 4.69) is 26.0 Å². The van der Waals surface area contributed by atoms with Crippen LogP contribution < -0.4 is 5.73 Å². The lowest BCUT2D eigenvalue weighted by molar-refractivity contribution is 0.0603. The minimum Gasteiger partial charge on any atom is -0.465 e. The first-order valence-corrected chi connectivity index (χ1v) is 6.82. The molecular formula is C15H17NO2S. The molecule has 100 valence electrons. The van der Waals surface area contributed by atoms with Crippen molar-refractivity contribution in [3.63, 3.8) is 0 Å². The zero-order valence-electron chi connectivity index (χ0n) is 11.5. The van der Waals surface area contributed by atoms with Crippen molar-refractivity contribution in [2.75, 3.05) is 12.8 Å². The van der Waals surface area contributed by atoms with Gasteiger partial charge >= 0.3 is 5.97 Å². The Balaban J connectivity index is 2.67. The Morgan fingerprint density at radius 1 is 1.21 bits per heavy atom. The van der Waals surface area contributed by atoms with Crippen molar-refractivity contribution in [2.45, 2.75) is 20.8 Å². The standard InChI is InChI=1S/C15H17NO2S/c1-8-5-6-11(7-9(8)2)12-10(3)19-14(16)13(12)15(17)18-4/h5-7H,16H2,1-4H3. The third-order valence-corrected chi connectivity index (χ3v) is 4.23. The molecule has 0 saturated heterocycles. The van der Waals surface area contributed by atoms with E-state index in [-0.39, 0.29) is 5.97 Å². The van der Waals surface area contributed by atoms with Gasteiger partial charge in [-0.3, -0.25) is 0 Å². The molecule has 2 N–H and O–H groups in total. The molecule has 19 heavy (non-hydrogen) atoms. The van der Waals surface area contributed by atoms with Crippen molar-refractivity contribution in [3.8, 4) is 11.1 Å². The molecule has 2 rings (SSSR count). The van der Waals surface area contributed by atoms with Crippen molar-refractivity contribution in [2.24, 2.45) is 0 Å². The number of carbonyl (C=O) groups is 1. The van der Waals surface area contributed by atoms with E-state index in [4.69, 9.17) is 10.5 Å². The average molecular weight is 275 g/mol. The van der Waals surface area contributed by atoms with Gasteiger partial charge in [-0.2, -0.15) is 0 Å². The molecule has 4 heteroatoms. The number of esters is 1. The topological polar surface area (TPSA) is 52.3 Å². The average Bonchev–Trinajstić information content (AvgIpc) is 2.67. The summed E-state index contributed by atoms with van der Waals surface area (Å²) in [6, 6.07) is 6.15. The van der Waals surface area contributed by atoms with Crippen LogP contribution in [-0.2, 0) is 4.74 Å². The van der Waals surface area contributed by atoms with E-state index in [0.29, 0.717) is 10.6 Å². The summed E-state index contributed by atoms with van der Waals surface area (Å²) in [6.45, 7) is 6.09. The van der Waals surface area contributed by atoms with Gasteiger partial charge in [0.25, 0.3) is 0 Å². The van der Waals surface area contributed by atoms with Crippen molar-refractivity contribution in [1.82, 2.24) is 0 Å². The molecule has 1 heterocycles. The summed E-state index contributed by atoms with van der Waals surface area (Å²) in [5.74, 6) is -0.380. The molecule has 0 aliphatic heterocycles. The number of ether oxygens (including phenoxy) is 1. The van der Waals surface area contributed by atoms with Crippen LogP contribution in [0.4, 0.5) is 5.00 Å². The van der Waals surface area contributed by atoms with Crippen LogP contribution in [0.3, 0.4) is 0 Å². The second-order valence-corrected chi connectivity index (χ2v) is 5.82. The van der Waals surface area contributed by atoms with Gasteiger partial charge in [0.2, 0.25) is 0 Å². The fraction of sp³-hybridized carbons (Fsp3) is 0.267. The van der Waals surface area contributed by atoms with Crippen LogP contribution in [0.2, 0.25) is 0 Å². The summed E-state index contributed by atoms with van der Waals surface area (Å²) in [6.07, 6.45) is 0. The van der Waals surface area contributed by atoms with Gasteiger partial charge in [-0.15, -0.1) is 11.3 Å². The lowest BCUT2D eigenvalue weighted by Crippen LogP contribution is -2.04. The number of anilines is 1. The van der Waals surface area contributed by atoms with Gasteiger partial charge in [0, 0.05) is 10.4 Å². The van der Waals surface area contributed by atoms with E-state index in [1.807, 2.05) is 13.0 Å². The number of nitrogens with two attached hydrogens (primary N) is 1. The van der Waals surface area contributed by atoms with Crippen LogP contribution in [0.5, 0.6) is 0 Å². The van der Waals surface area contributed by atoms with Crippen LogP contribution in [0.25, 0.3) is 11.1 Å². The van der Waals surface area contributed by atoms with Gasteiger partial charge < -0.3 is 10.5 Å². The highest BCUT2D eigenvalue weighted by Gasteiger charge is 2.22. The molecule has 0 fully saturated rings. The Morgan fingerprint density at radius 3 is 2.47 bits per heavy atom. The second kappa shape index (κ2) is 5.05. The van der Waals surface area contributed by atoms with Crippen molar-refractivity contribution >= 4 is 22.3 Å². The van der Waals surface area contributed by atoms with Crippen LogP contribution in [0.15, 0.2) is 18.2 Å². The third-order valence-electron chi connectivity index (χ3n) is 3.30. The van der Waals surface area contributed by atoms with Crippen molar-refractivity contribution < 1.29 is 9.53 Å². The molecule has 0 aliphatic carbocycles. The smallest absolute Gasteiger partial charge is 0.341 e. The first kappa shape index (κ1) is 13.6. The largest absolute Gasteiger partial charge is 0.465 e. The number of methoxy groups -OCH3 is 1. The Labute approximate surface area is 117 Å². The Morgan fingerprint density at radius 2 is 1.89 bits per heavy atom. The highest BCUT2D eigenvalue weighted by molar-refractivity contribution is 7.16. The lowest BCUT2D eigenvalue weighted by Gasteiger charge is -2.08. The zero-order chi connectivity index (χ0) is 14.2. The van der Waals surface area contributed by atoms with Crippen molar-refractivity contribution in [3.05, 3.63) is 39.8 Å². The number of nitrogen functional groups attached to an aromatic ring is 1. The maximum atomic E-state index is 11.9. The molecule has 0 aliphatic rings. The normalized spacial score (nSPS) is 10.5. The fourth-order valence-electron chi connectivity index (χ4n) is 2.12. The maximum absolute atomic E-state index is 11.9. The van der Waals surface area contributed by atoms with E-state index in [1.54, 1.807) is 0 Å². The summed E-state index contributed by atoms with van der Waals surface area (Å²) in [5.41, 5.74) is 10.7. The Kier molecular flexibility index (Phi) is 3.62. The summed E-state index contributed by atoms with van der Waals surface area (Å²) in [5, 5.41) is 0.512. The Bertz CT molecular complexity index is 644. The molecule has 3 nitrogen and oxygen atoms in total. The molecular weight excluding hydrogens is 258 g/mol.